The lowest BCUT2D eigenvalue weighted by Crippen LogP contribution is -2.42. The molecule has 0 bridgehead atoms. The van der Waals surface area contributed by atoms with Crippen LogP contribution in [0.3, 0.4) is 0 Å². The Labute approximate surface area is 240 Å². The Morgan fingerprint density at radius 1 is 0.925 bits per heavy atom. The Kier molecular flexibility index (Phi) is 12.8. The molecule has 1 aliphatic carbocycles. The van der Waals surface area contributed by atoms with Crippen LogP contribution in [0.5, 0.6) is 0 Å². The van der Waals surface area contributed by atoms with Crippen LogP contribution in [0.1, 0.15) is 51.4 Å². The molecule has 2 N–H and O–H groups in total. The topological polar surface area (TPSA) is 98.1 Å². The maximum Gasteiger partial charge on any atom is 0.243 e. The number of hydrogen-bond donors (Lipinski definition) is 2. The van der Waals surface area contributed by atoms with Gasteiger partial charge in [-0.15, -0.1) is 0 Å². The Morgan fingerprint density at radius 2 is 1.55 bits per heavy atom. The van der Waals surface area contributed by atoms with Crippen molar-refractivity contribution < 1.29 is 32.2 Å². The standard InChI is InChI=1S/C12H21NO3.C11H14ClNO2S.C6H4F2/c14-7-5-11(9-3-4-9)12(16)13-6-1-2-10(13)8-15;12-10-4-6-11(7-5-10)16(14,15)13-8-2-1-3-9-13;7-5-2-1-3-6(8)4-5/h9-11,14-15H,1-8H2;4-7H,1-3,8-9H2;1-4H/t10-,11?;;/m0../s1. The van der Waals surface area contributed by atoms with E-state index in [4.69, 9.17) is 16.7 Å². The summed E-state index contributed by atoms with van der Waals surface area (Å²) in [5.41, 5.74) is 0. The summed E-state index contributed by atoms with van der Waals surface area (Å²) in [6.45, 7) is 2.20. The van der Waals surface area contributed by atoms with Gasteiger partial charge >= 0.3 is 0 Å². The van der Waals surface area contributed by atoms with E-state index in [0.717, 1.165) is 57.6 Å². The van der Waals surface area contributed by atoms with Crippen LogP contribution in [-0.4, -0.2) is 72.6 Å². The number of sulfonamides is 1. The van der Waals surface area contributed by atoms with Crippen molar-refractivity contribution in [3.63, 3.8) is 0 Å². The summed E-state index contributed by atoms with van der Waals surface area (Å²) in [6, 6.07) is 10.9. The number of hydrogen-bond acceptors (Lipinski definition) is 5. The fourth-order valence-electron chi connectivity index (χ4n) is 5.05. The number of carbonyl (C=O) groups excluding carboxylic acids is 1. The second kappa shape index (κ2) is 15.8. The highest BCUT2D eigenvalue weighted by Gasteiger charge is 2.40. The van der Waals surface area contributed by atoms with Gasteiger partial charge in [-0.2, -0.15) is 4.31 Å². The van der Waals surface area contributed by atoms with E-state index in [-0.39, 0.29) is 31.1 Å². The molecule has 3 aliphatic rings. The fourth-order valence-corrected chi connectivity index (χ4v) is 6.69. The van der Waals surface area contributed by atoms with Gasteiger partial charge in [0.05, 0.1) is 17.5 Å². The molecule has 2 saturated heterocycles. The summed E-state index contributed by atoms with van der Waals surface area (Å²) in [4.78, 5) is 14.5. The summed E-state index contributed by atoms with van der Waals surface area (Å²) in [5, 5.41) is 18.8. The van der Waals surface area contributed by atoms with Gasteiger partial charge < -0.3 is 15.1 Å². The first-order valence-corrected chi connectivity index (χ1v) is 15.7. The number of likely N-dealkylation sites (tertiary alicyclic amines) is 1. The number of rotatable bonds is 7. The number of aliphatic hydroxyl groups is 2. The van der Waals surface area contributed by atoms with Crippen molar-refractivity contribution in [2.45, 2.75) is 62.3 Å². The maximum absolute atomic E-state index is 12.3. The highest BCUT2D eigenvalue weighted by Crippen LogP contribution is 2.40. The van der Waals surface area contributed by atoms with Crippen LogP contribution in [0.25, 0.3) is 0 Å². The molecule has 2 atom stereocenters. The van der Waals surface area contributed by atoms with Gasteiger partial charge in [-0.05, 0) is 87.3 Å². The van der Waals surface area contributed by atoms with E-state index in [1.807, 2.05) is 4.90 Å². The summed E-state index contributed by atoms with van der Waals surface area (Å²) in [6.07, 6.45) is 7.75. The third-order valence-corrected chi connectivity index (χ3v) is 9.54. The van der Waals surface area contributed by atoms with Gasteiger partial charge in [0, 0.05) is 43.2 Å². The number of nitrogens with zero attached hydrogens (tertiary/aromatic N) is 2. The van der Waals surface area contributed by atoms with E-state index < -0.39 is 21.7 Å². The molecule has 2 aromatic carbocycles. The normalized spacial score (nSPS) is 20.1. The van der Waals surface area contributed by atoms with Crippen LogP contribution < -0.4 is 0 Å². The van der Waals surface area contributed by atoms with E-state index >= 15 is 0 Å². The first kappa shape index (κ1) is 32.4. The molecule has 0 aromatic heterocycles. The summed E-state index contributed by atoms with van der Waals surface area (Å²) < 4.78 is 49.8. The molecule has 5 rings (SSSR count). The van der Waals surface area contributed by atoms with Gasteiger partial charge in [0.15, 0.2) is 0 Å². The SMILES string of the molecule is Fc1cccc(F)c1.O=C(C(CCO)C1CC1)N1CCC[C@H]1CO.O=S(=O)(c1ccc(Cl)cc1)N1CCCCC1. The number of carbonyl (C=O) groups is 1. The zero-order valence-corrected chi connectivity index (χ0v) is 24.2. The Hall–Kier alpha value is -2.11. The average Bonchev–Trinajstić information content (AvgIpc) is 3.68. The van der Waals surface area contributed by atoms with Crippen molar-refractivity contribution in [3.05, 3.63) is 65.2 Å². The van der Waals surface area contributed by atoms with Crippen molar-refractivity contribution in [1.29, 1.82) is 0 Å². The highest BCUT2D eigenvalue weighted by atomic mass is 35.5. The monoisotopic (exact) mass is 600 g/mol. The average molecular weight is 601 g/mol. The second-order valence-electron chi connectivity index (χ2n) is 10.3. The lowest BCUT2D eigenvalue weighted by Gasteiger charge is -2.27. The van der Waals surface area contributed by atoms with Crippen LogP contribution >= 0.6 is 11.6 Å². The Balaban J connectivity index is 0.000000175. The largest absolute Gasteiger partial charge is 0.396 e. The van der Waals surface area contributed by atoms with Crippen molar-refractivity contribution >= 4 is 27.5 Å². The predicted molar refractivity (Wildman–Crippen MR) is 150 cm³/mol. The molecule has 1 saturated carbocycles. The van der Waals surface area contributed by atoms with Gasteiger partial charge in [-0.3, -0.25) is 4.79 Å². The molecular weight excluding hydrogens is 562 g/mol. The lowest BCUT2D eigenvalue weighted by molar-refractivity contribution is -0.138. The summed E-state index contributed by atoms with van der Waals surface area (Å²) in [7, 11) is -3.30. The lowest BCUT2D eigenvalue weighted by atomic mass is 9.98. The van der Waals surface area contributed by atoms with Crippen LogP contribution in [0.4, 0.5) is 8.78 Å². The van der Waals surface area contributed by atoms with E-state index in [9.17, 15) is 27.1 Å². The van der Waals surface area contributed by atoms with Crippen LogP contribution in [0, 0.1) is 23.5 Å². The molecule has 2 aliphatic heterocycles. The molecule has 0 spiro atoms. The van der Waals surface area contributed by atoms with E-state index in [2.05, 4.69) is 0 Å². The summed E-state index contributed by atoms with van der Waals surface area (Å²) in [5.74, 6) is -0.431. The Morgan fingerprint density at radius 3 is 2.05 bits per heavy atom. The van der Waals surface area contributed by atoms with Gasteiger partial charge in [0.1, 0.15) is 11.6 Å². The number of amides is 1. The molecule has 11 heteroatoms. The van der Waals surface area contributed by atoms with Crippen molar-refractivity contribution in [2.75, 3.05) is 32.8 Å². The smallest absolute Gasteiger partial charge is 0.243 e. The fraction of sp³-hybridized carbons (Fsp3) is 0.552. The van der Waals surface area contributed by atoms with Crippen molar-refractivity contribution in [2.24, 2.45) is 11.8 Å². The van der Waals surface area contributed by atoms with Crippen LogP contribution in [0.2, 0.25) is 5.02 Å². The quantitative estimate of drug-likeness (QED) is 0.473. The van der Waals surface area contributed by atoms with E-state index in [1.54, 1.807) is 28.6 Å². The first-order chi connectivity index (χ1) is 19.2. The number of piperidine rings is 1. The number of benzene rings is 2. The minimum Gasteiger partial charge on any atom is -0.396 e. The van der Waals surface area contributed by atoms with Gasteiger partial charge in [-0.25, -0.2) is 17.2 Å². The highest BCUT2D eigenvalue weighted by molar-refractivity contribution is 7.89. The molecule has 0 radical (unpaired) electrons. The number of halogens is 3. The maximum atomic E-state index is 12.3. The molecule has 40 heavy (non-hydrogen) atoms. The van der Waals surface area contributed by atoms with Gasteiger partial charge in [0.2, 0.25) is 15.9 Å². The molecular formula is C29H39ClF2N2O5S. The van der Waals surface area contributed by atoms with Gasteiger partial charge in [-0.1, -0.05) is 24.1 Å². The van der Waals surface area contributed by atoms with E-state index in [1.165, 1.54) is 18.2 Å². The third-order valence-electron chi connectivity index (χ3n) is 7.37. The zero-order chi connectivity index (χ0) is 29.1. The second-order valence-corrected chi connectivity index (χ2v) is 12.7. The number of aliphatic hydroxyl groups excluding tert-OH is 2. The van der Waals surface area contributed by atoms with Crippen LogP contribution in [0.15, 0.2) is 53.4 Å². The van der Waals surface area contributed by atoms with Crippen molar-refractivity contribution in [3.8, 4) is 0 Å². The van der Waals surface area contributed by atoms with Crippen LogP contribution in [-0.2, 0) is 14.8 Å². The molecule has 3 fully saturated rings. The Bertz CT molecular complexity index is 1150. The summed E-state index contributed by atoms with van der Waals surface area (Å²) >= 11 is 5.74. The third kappa shape index (κ3) is 9.48. The molecule has 1 unspecified atom stereocenters. The zero-order valence-electron chi connectivity index (χ0n) is 22.6. The molecule has 1 amide bonds. The molecule has 7 nitrogen and oxygen atoms in total. The van der Waals surface area contributed by atoms with Gasteiger partial charge in [0.25, 0.3) is 0 Å². The van der Waals surface area contributed by atoms with Crippen molar-refractivity contribution in [1.82, 2.24) is 9.21 Å². The first-order valence-electron chi connectivity index (χ1n) is 13.9. The minimum atomic E-state index is -3.30. The molecule has 2 heterocycles. The predicted octanol–water partition coefficient (Wildman–Crippen LogP) is 4.86. The minimum absolute atomic E-state index is 0.00264. The molecule has 222 valence electrons. The van der Waals surface area contributed by atoms with E-state index in [0.29, 0.717) is 35.3 Å². The molecule has 2 aromatic rings.